The number of aliphatic hydroxyl groups is 1. The molecule has 0 heterocycles. The van der Waals surface area contributed by atoms with E-state index in [1.165, 1.54) is 5.56 Å². The van der Waals surface area contributed by atoms with Gasteiger partial charge >= 0.3 is 0 Å². The number of hydrogen-bond acceptors (Lipinski definition) is 2. The molecule has 0 bridgehead atoms. The van der Waals surface area contributed by atoms with Crippen LogP contribution in [-0.4, -0.2) is 17.8 Å². The highest BCUT2D eigenvalue weighted by atomic mass is 16.5. The van der Waals surface area contributed by atoms with E-state index < -0.39 is 5.60 Å². The Morgan fingerprint density at radius 1 is 1.47 bits per heavy atom. The molecule has 1 aliphatic rings. The molecule has 0 spiro atoms. The zero-order valence-electron chi connectivity index (χ0n) is 11.0. The molecule has 0 aliphatic heterocycles. The third-order valence-electron chi connectivity index (χ3n) is 3.79. The minimum atomic E-state index is -0.527. The molecular weight excluding hydrogens is 212 g/mol. The lowest BCUT2D eigenvalue weighted by Crippen LogP contribution is -2.28. The van der Waals surface area contributed by atoms with Gasteiger partial charge in [0, 0.05) is 6.42 Å². The van der Waals surface area contributed by atoms with Crippen molar-refractivity contribution < 1.29 is 9.84 Å². The van der Waals surface area contributed by atoms with Gasteiger partial charge in [-0.25, -0.2) is 0 Å². The lowest BCUT2D eigenvalue weighted by atomic mass is 9.91. The molecule has 0 saturated heterocycles. The normalized spacial score (nSPS) is 28.4. The van der Waals surface area contributed by atoms with E-state index in [9.17, 15) is 5.11 Å². The fourth-order valence-electron chi connectivity index (χ4n) is 2.93. The van der Waals surface area contributed by atoms with Crippen LogP contribution < -0.4 is 4.74 Å². The molecule has 2 atom stereocenters. The summed E-state index contributed by atoms with van der Waals surface area (Å²) in [5, 5.41) is 10.6. The minimum Gasteiger partial charge on any atom is -0.496 e. The van der Waals surface area contributed by atoms with E-state index in [-0.39, 0.29) is 0 Å². The number of rotatable bonds is 3. The molecule has 2 heteroatoms. The van der Waals surface area contributed by atoms with Gasteiger partial charge in [0.2, 0.25) is 0 Å². The van der Waals surface area contributed by atoms with E-state index >= 15 is 0 Å². The highest BCUT2D eigenvalue weighted by Gasteiger charge is 2.35. The van der Waals surface area contributed by atoms with Crippen molar-refractivity contribution in [3.05, 3.63) is 29.3 Å². The van der Waals surface area contributed by atoms with Crippen molar-refractivity contribution in [3.8, 4) is 5.75 Å². The average molecular weight is 234 g/mol. The van der Waals surface area contributed by atoms with Gasteiger partial charge in [0.1, 0.15) is 5.75 Å². The van der Waals surface area contributed by atoms with Gasteiger partial charge in [-0.3, -0.25) is 0 Å². The first kappa shape index (κ1) is 12.4. The Balaban J connectivity index is 2.20. The van der Waals surface area contributed by atoms with Gasteiger partial charge in [0.15, 0.2) is 0 Å². The number of methoxy groups -OCH3 is 1. The maximum Gasteiger partial charge on any atom is 0.122 e. The summed E-state index contributed by atoms with van der Waals surface area (Å²) in [6.45, 7) is 4.29. The van der Waals surface area contributed by atoms with Crippen molar-refractivity contribution in [2.75, 3.05) is 7.11 Å². The summed E-state index contributed by atoms with van der Waals surface area (Å²) in [5.41, 5.74) is 1.82. The van der Waals surface area contributed by atoms with Crippen molar-refractivity contribution in [1.29, 1.82) is 0 Å². The quantitative estimate of drug-likeness (QED) is 0.870. The number of aryl methyl sites for hydroxylation is 1. The molecule has 1 fully saturated rings. The maximum absolute atomic E-state index is 10.6. The van der Waals surface area contributed by atoms with Crippen molar-refractivity contribution in [2.45, 2.75) is 45.1 Å². The molecular formula is C15H22O2. The predicted molar refractivity (Wildman–Crippen MR) is 69.4 cm³/mol. The molecule has 1 aliphatic carbocycles. The Hall–Kier alpha value is -1.02. The predicted octanol–water partition coefficient (Wildman–Crippen LogP) is 3.10. The summed E-state index contributed by atoms with van der Waals surface area (Å²) in [5.74, 6) is 1.53. The van der Waals surface area contributed by atoms with Gasteiger partial charge in [0.25, 0.3) is 0 Å². The van der Waals surface area contributed by atoms with Gasteiger partial charge in [-0.05, 0) is 43.7 Å². The first-order valence-corrected chi connectivity index (χ1v) is 6.38. The summed E-state index contributed by atoms with van der Waals surface area (Å²) < 4.78 is 5.37. The van der Waals surface area contributed by atoms with Gasteiger partial charge in [-0.2, -0.15) is 0 Å². The van der Waals surface area contributed by atoms with Crippen molar-refractivity contribution in [1.82, 2.24) is 0 Å². The molecule has 1 aromatic carbocycles. The highest BCUT2D eigenvalue weighted by Crippen LogP contribution is 2.38. The van der Waals surface area contributed by atoms with Crippen LogP contribution in [0.2, 0.25) is 0 Å². The molecule has 2 unspecified atom stereocenters. The van der Waals surface area contributed by atoms with E-state index in [0.717, 1.165) is 30.6 Å². The Labute approximate surface area is 104 Å². The minimum absolute atomic E-state index is 0.527. The molecule has 0 aromatic heterocycles. The number of benzene rings is 1. The first-order valence-electron chi connectivity index (χ1n) is 6.38. The molecule has 1 saturated carbocycles. The van der Waals surface area contributed by atoms with Gasteiger partial charge in [-0.15, -0.1) is 0 Å². The number of ether oxygens (including phenoxy) is 1. The van der Waals surface area contributed by atoms with Crippen LogP contribution in [0.5, 0.6) is 5.75 Å². The Kier molecular flexibility index (Phi) is 3.43. The zero-order valence-corrected chi connectivity index (χ0v) is 11.0. The second kappa shape index (κ2) is 4.69. The van der Waals surface area contributed by atoms with E-state index in [4.69, 9.17) is 4.74 Å². The zero-order chi connectivity index (χ0) is 12.5. The fourth-order valence-corrected chi connectivity index (χ4v) is 2.93. The van der Waals surface area contributed by atoms with Gasteiger partial charge in [0.05, 0.1) is 12.7 Å². The van der Waals surface area contributed by atoms with Crippen LogP contribution in [0.4, 0.5) is 0 Å². The third-order valence-corrected chi connectivity index (χ3v) is 3.79. The Morgan fingerprint density at radius 3 is 2.82 bits per heavy atom. The van der Waals surface area contributed by atoms with Crippen LogP contribution in [0.15, 0.2) is 18.2 Å². The lowest BCUT2D eigenvalue weighted by molar-refractivity contribution is 0.0440. The van der Waals surface area contributed by atoms with Gasteiger partial charge < -0.3 is 9.84 Å². The molecule has 1 aromatic rings. The Morgan fingerprint density at radius 2 is 2.24 bits per heavy atom. The summed E-state index contributed by atoms with van der Waals surface area (Å²) >= 11 is 0. The maximum atomic E-state index is 10.6. The van der Waals surface area contributed by atoms with Crippen molar-refractivity contribution in [3.63, 3.8) is 0 Å². The first-order chi connectivity index (χ1) is 8.02. The summed E-state index contributed by atoms with van der Waals surface area (Å²) in [4.78, 5) is 0. The fraction of sp³-hybridized carbons (Fsp3) is 0.600. The topological polar surface area (TPSA) is 29.5 Å². The Bertz CT molecular complexity index is 400. The van der Waals surface area contributed by atoms with Crippen LogP contribution >= 0.6 is 0 Å². The van der Waals surface area contributed by atoms with E-state index in [1.807, 2.05) is 12.1 Å². The van der Waals surface area contributed by atoms with E-state index in [1.54, 1.807) is 7.11 Å². The van der Waals surface area contributed by atoms with Crippen LogP contribution in [0.1, 0.15) is 37.3 Å². The summed E-state index contributed by atoms with van der Waals surface area (Å²) in [6.07, 6.45) is 3.65. The van der Waals surface area contributed by atoms with Crippen LogP contribution in [0.25, 0.3) is 0 Å². The van der Waals surface area contributed by atoms with E-state index in [0.29, 0.717) is 12.3 Å². The van der Waals surface area contributed by atoms with E-state index in [2.05, 4.69) is 19.9 Å². The molecule has 2 rings (SSSR count). The molecule has 1 N–H and O–H groups in total. The largest absolute Gasteiger partial charge is 0.496 e. The standard InChI is InChI=1S/C15H22O2/c1-11-4-5-14(17-3)13(8-11)10-15(16)7-6-12(2)9-15/h4-5,8,12,16H,6-7,9-10H2,1-3H3. The number of hydrogen-bond donors (Lipinski definition) is 1. The van der Waals surface area contributed by atoms with Crippen LogP contribution in [0, 0.1) is 12.8 Å². The monoisotopic (exact) mass is 234 g/mol. The second-order valence-electron chi connectivity index (χ2n) is 5.56. The van der Waals surface area contributed by atoms with Crippen LogP contribution in [-0.2, 0) is 6.42 Å². The molecule has 2 nitrogen and oxygen atoms in total. The average Bonchev–Trinajstić information content (AvgIpc) is 2.59. The summed E-state index contributed by atoms with van der Waals surface area (Å²) in [7, 11) is 1.69. The highest BCUT2D eigenvalue weighted by molar-refractivity contribution is 5.38. The van der Waals surface area contributed by atoms with Crippen molar-refractivity contribution in [2.24, 2.45) is 5.92 Å². The molecule has 94 valence electrons. The SMILES string of the molecule is COc1ccc(C)cc1CC1(O)CCC(C)C1. The lowest BCUT2D eigenvalue weighted by Gasteiger charge is -2.24. The third kappa shape index (κ3) is 2.81. The molecule has 0 amide bonds. The smallest absolute Gasteiger partial charge is 0.122 e. The molecule has 0 radical (unpaired) electrons. The molecule has 17 heavy (non-hydrogen) atoms. The van der Waals surface area contributed by atoms with Gasteiger partial charge in [-0.1, -0.05) is 24.6 Å². The van der Waals surface area contributed by atoms with Crippen LogP contribution in [0.3, 0.4) is 0 Å². The summed E-state index contributed by atoms with van der Waals surface area (Å²) in [6, 6.07) is 6.16. The van der Waals surface area contributed by atoms with Crippen molar-refractivity contribution >= 4 is 0 Å². The second-order valence-corrected chi connectivity index (χ2v) is 5.56.